The van der Waals surface area contributed by atoms with Gasteiger partial charge in [-0.3, -0.25) is 9.69 Å². The number of para-hydroxylation sites is 2. The van der Waals surface area contributed by atoms with Crippen molar-refractivity contribution >= 4 is 22.9 Å². The number of anilines is 1. The van der Waals surface area contributed by atoms with Gasteiger partial charge in [0.2, 0.25) is 5.91 Å². The van der Waals surface area contributed by atoms with Crippen molar-refractivity contribution in [2.24, 2.45) is 0 Å². The highest BCUT2D eigenvalue weighted by Gasteiger charge is 2.26. The van der Waals surface area contributed by atoms with Gasteiger partial charge < -0.3 is 15.0 Å². The summed E-state index contributed by atoms with van der Waals surface area (Å²) in [6.45, 7) is 6.12. The van der Waals surface area contributed by atoms with E-state index >= 15 is 0 Å². The van der Waals surface area contributed by atoms with Gasteiger partial charge in [-0.25, -0.2) is 0 Å². The van der Waals surface area contributed by atoms with Crippen LogP contribution >= 0.6 is 11.3 Å². The Hall–Kier alpha value is -2.05. The molecule has 1 fully saturated rings. The van der Waals surface area contributed by atoms with Crippen LogP contribution in [0.5, 0.6) is 5.75 Å². The molecular weight excluding hydrogens is 334 g/mol. The molecule has 5 nitrogen and oxygen atoms in total. The molecule has 2 aromatic rings. The summed E-state index contributed by atoms with van der Waals surface area (Å²) in [6.07, 6.45) is 0. The summed E-state index contributed by atoms with van der Waals surface area (Å²) in [6, 6.07) is 12.0. The second-order valence-corrected chi connectivity index (χ2v) is 7.20. The smallest absolute Gasteiger partial charge is 0.237 e. The average molecular weight is 359 g/mol. The maximum absolute atomic E-state index is 12.4. The maximum Gasteiger partial charge on any atom is 0.237 e. The van der Waals surface area contributed by atoms with Crippen LogP contribution in [0.1, 0.15) is 11.8 Å². The Kier molecular flexibility index (Phi) is 5.94. The zero-order valence-corrected chi connectivity index (χ0v) is 15.6. The van der Waals surface area contributed by atoms with Crippen molar-refractivity contribution in [2.75, 3.05) is 38.2 Å². The van der Waals surface area contributed by atoms with Gasteiger partial charge in [-0.15, -0.1) is 11.3 Å². The second-order valence-electron chi connectivity index (χ2n) is 6.17. The van der Waals surface area contributed by atoms with E-state index < -0.39 is 0 Å². The van der Waals surface area contributed by atoms with E-state index in [0.29, 0.717) is 6.54 Å². The molecule has 1 N–H and O–H groups in total. The molecule has 0 saturated carbocycles. The third-order valence-electron chi connectivity index (χ3n) is 4.68. The van der Waals surface area contributed by atoms with Gasteiger partial charge in [0.05, 0.1) is 25.4 Å². The molecule has 3 rings (SSSR count). The predicted molar refractivity (Wildman–Crippen MR) is 102 cm³/mol. The summed E-state index contributed by atoms with van der Waals surface area (Å²) < 4.78 is 5.46. The lowest BCUT2D eigenvalue weighted by atomic mass is 10.2. The SMILES string of the molecule is COc1ccccc1N1CCN([C@H](C)C(=O)NCc2cccs2)CC1. The van der Waals surface area contributed by atoms with Crippen LogP contribution in [0.15, 0.2) is 41.8 Å². The number of nitrogens with one attached hydrogen (secondary N) is 1. The van der Waals surface area contributed by atoms with Crippen LogP contribution in [-0.2, 0) is 11.3 Å². The lowest BCUT2D eigenvalue weighted by Gasteiger charge is -2.38. The van der Waals surface area contributed by atoms with E-state index in [1.54, 1.807) is 18.4 Å². The zero-order chi connectivity index (χ0) is 17.6. The van der Waals surface area contributed by atoms with Crippen molar-refractivity contribution in [1.82, 2.24) is 10.2 Å². The van der Waals surface area contributed by atoms with E-state index in [1.165, 1.54) is 4.88 Å². The molecule has 0 bridgehead atoms. The zero-order valence-electron chi connectivity index (χ0n) is 14.8. The summed E-state index contributed by atoms with van der Waals surface area (Å²) in [5, 5.41) is 5.07. The molecule has 0 radical (unpaired) electrons. The van der Waals surface area contributed by atoms with Crippen molar-refractivity contribution in [3.05, 3.63) is 46.7 Å². The third kappa shape index (κ3) is 4.32. The Labute approximate surface area is 153 Å². The highest BCUT2D eigenvalue weighted by Crippen LogP contribution is 2.28. The molecule has 2 heterocycles. The number of rotatable bonds is 6. The fourth-order valence-corrected chi connectivity index (χ4v) is 3.79. The number of hydrogen-bond acceptors (Lipinski definition) is 5. The van der Waals surface area contributed by atoms with Crippen molar-refractivity contribution in [1.29, 1.82) is 0 Å². The van der Waals surface area contributed by atoms with E-state index in [4.69, 9.17) is 4.74 Å². The molecule has 1 amide bonds. The van der Waals surface area contributed by atoms with E-state index in [0.717, 1.165) is 37.6 Å². The topological polar surface area (TPSA) is 44.8 Å². The second kappa shape index (κ2) is 8.36. The fourth-order valence-electron chi connectivity index (χ4n) is 3.14. The van der Waals surface area contributed by atoms with Gasteiger partial charge in [0.1, 0.15) is 5.75 Å². The number of carbonyl (C=O) groups excluding carboxylic acids is 1. The largest absolute Gasteiger partial charge is 0.495 e. The lowest BCUT2D eigenvalue weighted by Crippen LogP contribution is -2.53. The predicted octanol–water partition coefficient (Wildman–Crippen LogP) is 2.58. The molecule has 0 aliphatic carbocycles. The van der Waals surface area contributed by atoms with Crippen LogP contribution in [0.3, 0.4) is 0 Å². The number of benzene rings is 1. The lowest BCUT2D eigenvalue weighted by molar-refractivity contribution is -0.126. The van der Waals surface area contributed by atoms with Crippen molar-refractivity contribution in [2.45, 2.75) is 19.5 Å². The quantitative estimate of drug-likeness (QED) is 0.861. The van der Waals surface area contributed by atoms with Gasteiger partial charge in [0.15, 0.2) is 0 Å². The number of methoxy groups -OCH3 is 1. The first-order chi connectivity index (χ1) is 12.2. The summed E-state index contributed by atoms with van der Waals surface area (Å²) in [7, 11) is 1.70. The minimum Gasteiger partial charge on any atom is -0.495 e. The van der Waals surface area contributed by atoms with Crippen LogP contribution in [0.25, 0.3) is 0 Å². The van der Waals surface area contributed by atoms with Crippen LogP contribution in [0.4, 0.5) is 5.69 Å². The van der Waals surface area contributed by atoms with Crippen molar-refractivity contribution in [3.63, 3.8) is 0 Å². The summed E-state index contributed by atoms with van der Waals surface area (Å²) in [5.74, 6) is 0.997. The Morgan fingerprint density at radius 2 is 1.96 bits per heavy atom. The maximum atomic E-state index is 12.4. The Bertz CT molecular complexity index is 682. The van der Waals surface area contributed by atoms with E-state index in [1.807, 2.05) is 42.6 Å². The first-order valence-electron chi connectivity index (χ1n) is 8.61. The first-order valence-corrected chi connectivity index (χ1v) is 9.49. The van der Waals surface area contributed by atoms with Crippen LogP contribution in [-0.4, -0.2) is 50.1 Å². The molecule has 1 aliphatic heterocycles. The number of carbonyl (C=O) groups is 1. The number of piperazine rings is 1. The molecule has 1 aromatic heterocycles. The number of nitrogens with zero attached hydrogens (tertiary/aromatic N) is 2. The molecule has 1 aliphatic rings. The summed E-state index contributed by atoms with van der Waals surface area (Å²) >= 11 is 1.67. The highest BCUT2D eigenvalue weighted by atomic mass is 32.1. The molecule has 1 saturated heterocycles. The third-order valence-corrected chi connectivity index (χ3v) is 5.56. The van der Waals surface area contributed by atoms with Crippen LogP contribution < -0.4 is 15.0 Å². The Balaban J connectivity index is 1.52. The fraction of sp³-hybridized carbons (Fsp3) is 0.421. The standard InChI is InChI=1S/C19H25N3O2S/c1-15(19(23)20-14-16-6-5-13-25-16)21-9-11-22(12-10-21)17-7-3-4-8-18(17)24-2/h3-8,13,15H,9-12,14H2,1-2H3,(H,20,23)/t15-/m1/s1. The van der Waals surface area contributed by atoms with Gasteiger partial charge >= 0.3 is 0 Å². The van der Waals surface area contributed by atoms with Crippen molar-refractivity contribution < 1.29 is 9.53 Å². The summed E-state index contributed by atoms with van der Waals surface area (Å²) in [5.41, 5.74) is 1.12. The van der Waals surface area contributed by atoms with Gasteiger partial charge in [-0.2, -0.15) is 0 Å². The van der Waals surface area contributed by atoms with Gasteiger partial charge in [-0.1, -0.05) is 18.2 Å². The van der Waals surface area contributed by atoms with Crippen molar-refractivity contribution in [3.8, 4) is 5.75 Å². The number of thiophene rings is 1. The van der Waals surface area contributed by atoms with Gasteiger partial charge in [0, 0.05) is 31.1 Å². The minimum absolute atomic E-state index is 0.0964. The van der Waals surface area contributed by atoms with E-state index in [9.17, 15) is 4.79 Å². The Morgan fingerprint density at radius 3 is 2.64 bits per heavy atom. The van der Waals surface area contributed by atoms with Crippen LogP contribution in [0, 0.1) is 0 Å². The molecule has 0 unspecified atom stereocenters. The molecule has 1 aromatic carbocycles. The van der Waals surface area contributed by atoms with Gasteiger partial charge in [0.25, 0.3) is 0 Å². The molecule has 1 atom stereocenters. The van der Waals surface area contributed by atoms with E-state index in [2.05, 4.69) is 21.2 Å². The number of amides is 1. The van der Waals surface area contributed by atoms with Gasteiger partial charge in [-0.05, 0) is 30.5 Å². The molecular formula is C19H25N3O2S. The molecule has 134 valence electrons. The van der Waals surface area contributed by atoms with Crippen LogP contribution in [0.2, 0.25) is 0 Å². The minimum atomic E-state index is -0.111. The number of hydrogen-bond donors (Lipinski definition) is 1. The number of ether oxygens (including phenoxy) is 1. The first kappa shape index (κ1) is 17.8. The highest BCUT2D eigenvalue weighted by molar-refractivity contribution is 7.09. The monoisotopic (exact) mass is 359 g/mol. The Morgan fingerprint density at radius 1 is 1.20 bits per heavy atom. The average Bonchev–Trinajstić information content (AvgIpc) is 3.19. The normalized spacial score (nSPS) is 16.5. The molecule has 25 heavy (non-hydrogen) atoms. The molecule has 6 heteroatoms. The summed E-state index contributed by atoms with van der Waals surface area (Å²) in [4.78, 5) is 18.2. The molecule has 0 spiro atoms. The van der Waals surface area contributed by atoms with E-state index in [-0.39, 0.29) is 11.9 Å².